The van der Waals surface area contributed by atoms with Crippen LogP contribution in [0, 0.1) is 0 Å². The van der Waals surface area contributed by atoms with Crippen molar-refractivity contribution in [2.75, 3.05) is 20.7 Å². The minimum atomic E-state index is 0.0586. The van der Waals surface area contributed by atoms with E-state index in [4.69, 9.17) is 9.26 Å². The lowest BCUT2D eigenvalue weighted by atomic mass is 9.98. The van der Waals surface area contributed by atoms with E-state index in [-0.39, 0.29) is 5.91 Å². The molecular formula is C20H27N3O3. The van der Waals surface area contributed by atoms with E-state index in [2.05, 4.69) is 22.4 Å². The Kier molecular flexibility index (Phi) is 6.28. The average molecular weight is 357 g/mol. The zero-order valence-corrected chi connectivity index (χ0v) is 15.5. The number of carbonyl (C=O) groups is 1. The Morgan fingerprint density at radius 3 is 3.08 bits per heavy atom. The SMILES string of the molecule is COc1cccc(-c2cc(CNC(=O)CC[C@H]3CCCCN3C)on2)c1. The van der Waals surface area contributed by atoms with Crippen LogP contribution in [0.2, 0.25) is 0 Å². The summed E-state index contributed by atoms with van der Waals surface area (Å²) in [4.78, 5) is 14.5. The van der Waals surface area contributed by atoms with Crippen molar-refractivity contribution < 1.29 is 14.1 Å². The van der Waals surface area contributed by atoms with Gasteiger partial charge in [-0.1, -0.05) is 23.7 Å². The lowest BCUT2D eigenvalue weighted by molar-refractivity contribution is -0.121. The molecule has 1 atom stereocenters. The van der Waals surface area contributed by atoms with E-state index in [1.807, 2.05) is 30.3 Å². The number of hydrogen-bond donors (Lipinski definition) is 1. The van der Waals surface area contributed by atoms with Crippen molar-refractivity contribution in [3.8, 4) is 17.0 Å². The van der Waals surface area contributed by atoms with Gasteiger partial charge in [0.2, 0.25) is 5.91 Å². The maximum Gasteiger partial charge on any atom is 0.220 e. The third-order valence-electron chi connectivity index (χ3n) is 5.01. The third-order valence-corrected chi connectivity index (χ3v) is 5.01. The number of aromatic nitrogens is 1. The summed E-state index contributed by atoms with van der Waals surface area (Å²) in [5.41, 5.74) is 1.66. The van der Waals surface area contributed by atoms with E-state index in [0.717, 1.165) is 30.0 Å². The molecule has 140 valence electrons. The minimum absolute atomic E-state index is 0.0586. The van der Waals surface area contributed by atoms with E-state index >= 15 is 0 Å². The molecule has 2 aromatic rings. The number of benzene rings is 1. The van der Waals surface area contributed by atoms with Gasteiger partial charge in [0.05, 0.1) is 13.7 Å². The van der Waals surface area contributed by atoms with Crippen LogP contribution in [0.15, 0.2) is 34.9 Å². The molecule has 0 unspecified atom stereocenters. The Hall–Kier alpha value is -2.34. The van der Waals surface area contributed by atoms with Crippen molar-refractivity contribution in [2.24, 2.45) is 0 Å². The fraction of sp³-hybridized carbons (Fsp3) is 0.500. The molecule has 0 aliphatic carbocycles. The number of likely N-dealkylation sites (tertiary alicyclic amines) is 1. The predicted molar refractivity (Wildman–Crippen MR) is 99.8 cm³/mol. The smallest absolute Gasteiger partial charge is 0.220 e. The second-order valence-electron chi connectivity index (χ2n) is 6.86. The first-order valence-corrected chi connectivity index (χ1v) is 9.22. The fourth-order valence-electron chi connectivity index (χ4n) is 3.40. The molecule has 1 amide bonds. The molecule has 3 rings (SSSR count). The molecule has 0 spiro atoms. The number of nitrogens with zero attached hydrogens (tertiary/aromatic N) is 2. The molecule has 0 radical (unpaired) electrons. The second kappa shape index (κ2) is 8.85. The van der Waals surface area contributed by atoms with Crippen molar-refractivity contribution in [2.45, 2.75) is 44.7 Å². The summed E-state index contributed by atoms with van der Waals surface area (Å²) in [6.45, 7) is 1.49. The number of nitrogens with one attached hydrogen (secondary N) is 1. The zero-order valence-electron chi connectivity index (χ0n) is 15.5. The number of ether oxygens (including phenoxy) is 1. The van der Waals surface area contributed by atoms with Crippen LogP contribution in [0.25, 0.3) is 11.3 Å². The number of rotatable bonds is 7. The molecule has 6 heteroatoms. The predicted octanol–water partition coefficient (Wildman–Crippen LogP) is 3.23. The van der Waals surface area contributed by atoms with Gasteiger partial charge in [-0.25, -0.2) is 0 Å². The first-order valence-electron chi connectivity index (χ1n) is 9.22. The van der Waals surface area contributed by atoms with Gasteiger partial charge in [0.15, 0.2) is 5.76 Å². The van der Waals surface area contributed by atoms with E-state index < -0.39 is 0 Å². The lowest BCUT2D eigenvalue weighted by Crippen LogP contribution is -2.37. The Morgan fingerprint density at radius 2 is 2.27 bits per heavy atom. The molecule has 0 bridgehead atoms. The van der Waals surface area contributed by atoms with Gasteiger partial charge in [0.1, 0.15) is 11.4 Å². The largest absolute Gasteiger partial charge is 0.497 e. The van der Waals surface area contributed by atoms with Gasteiger partial charge in [-0.15, -0.1) is 0 Å². The molecule has 1 aliphatic rings. The number of hydrogen-bond acceptors (Lipinski definition) is 5. The third kappa shape index (κ3) is 4.85. The van der Waals surface area contributed by atoms with Crippen molar-refractivity contribution in [1.29, 1.82) is 0 Å². The molecule has 1 N–H and O–H groups in total. The summed E-state index contributed by atoms with van der Waals surface area (Å²) in [5.74, 6) is 1.47. The summed E-state index contributed by atoms with van der Waals surface area (Å²) >= 11 is 0. The normalized spacial score (nSPS) is 17.8. The van der Waals surface area contributed by atoms with Gasteiger partial charge >= 0.3 is 0 Å². The molecule has 1 aromatic heterocycles. The van der Waals surface area contributed by atoms with Gasteiger partial charge < -0.3 is 19.5 Å². The number of amides is 1. The van der Waals surface area contributed by atoms with Gasteiger partial charge in [-0.05, 0) is 45.0 Å². The summed E-state index contributed by atoms with van der Waals surface area (Å²) in [5, 5.41) is 7.01. The Balaban J connectivity index is 1.47. The topological polar surface area (TPSA) is 67.6 Å². The van der Waals surface area contributed by atoms with E-state index in [9.17, 15) is 4.79 Å². The summed E-state index contributed by atoms with van der Waals surface area (Å²) in [6, 6.07) is 10.0. The summed E-state index contributed by atoms with van der Waals surface area (Å²) in [7, 11) is 3.78. The van der Waals surface area contributed by atoms with Crippen LogP contribution in [-0.2, 0) is 11.3 Å². The summed E-state index contributed by atoms with van der Waals surface area (Å²) in [6.07, 6.45) is 5.18. The zero-order chi connectivity index (χ0) is 18.4. The molecular weight excluding hydrogens is 330 g/mol. The molecule has 0 saturated carbocycles. The van der Waals surface area contributed by atoms with Crippen LogP contribution in [0.3, 0.4) is 0 Å². The Morgan fingerprint density at radius 1 is 1.38 bits per heavy atom. The summed E-state index contributed by atoms with van der Waals surface area (Å²) < 4.78 is 10.6. The van der Waals surface area contributed by atoms with Crippen LogP contribution in [0.4, 0.5) is 0 Å². The Bertz CT molecular complexity index is 729. The van der Waals surface area contributed by atoms with Crippen LogP contribution in [0.5, 0.6) is 5.75 Å². The van der Waals surface area contributed by atoms with Crippen molar-refractivity contribution >= 4 is 5.91 Å². The van der Waals surface area contributed by atoms with Gasteiger partial charge in [0, 0.05) is 24.1 Å². The van der Waals surface area contributed by atoms with Gasteiger partial charge in [-0.2, -0.15) is 0 Å². The second-order valence-corrected chi connectivity index (χ2v) is 6.86. The molecule has 6 nitrogen and oxygen atoms in total. The highest BCUT2D eigenvalue weighted by atomic mass is 16.5. The van der Waals surface area contributed by atoms with Crippen molar-refractivity contribution in [1.82, 2.24) is 15.4 Å². The lowest BCUT2D eigenvalue weighted by Gasteiger charge is -2.32. The number of carbonyl (C=O) groups excluding carboxylic acids is 1. The molecule has 1 saturated heterocycles. The van der Waals surface area contributed by atoms with Crippen LogP contribution < -0.4 is 10.1 Å². The monoisotopic (exact) mass is 357 g/mol. The van der Waals surface area contributed by atoms with Crippen molar-refractivity contribution in [3.05, 3.63) is 36.1 Å². The standard InChI is InChI=1S/C20H27N3O3/c1-23-11-4-3-7-16(23)9-10-20(24)21-14-18-13-19(22-26-18)15-6-5-8-17(12-15)25-2/h5-6,8,12-13,16H,3-4,7,9-11,14H2,1-2H3,(H,21,24)/t16-/m1/s1. The van der Waals surface area contributed by atoms with Gasteiger partial charge in [0.25, 0.3) is 0 Å². The molecule has 26 heavy (non-hydrogen) atoms. The van der Waals surface area contributed by atoms with Crippen molar-refractivity contribution in [3.63, 3.8) is 0 Å². The maximum atomic E-state index is 12.1. The molecule has 1 fully saturated rings. The number of methoxy groups -OCH3 is 1. The van der Waals surface area contributed by atoms with Gasteiger partial charge in [-0.3, -0.25) is 4.79 Å². The van der Waals surface area contributed by atoms with Crippen LogP contribution in [0.1, 0.15) is 37.9 Å². The quantitative estimate of drug-likeness (QED) is 0.824. The van der Waals surface area contributed by atoms with E-state index in [0.29, 0.717) is 24.8 Å². The Labute approximate surface area is 154 Å². The van der Waals surface area contributed by atoms with E-state index in [1.165, 1.54) is 19.3 Å². The first-order chi connectivity index (χ1) is 12.7. The highest BCUT2D eigenvalue weighted by Gasteiger charge is 2.19. The molecule has 2 heterocycles. The van der Waals surface area contributed by atoms with E-state index in [1.54, 1.807) is 7.11 Å². The molecule has 1 aromatic carbocycles. The highest BCUT2D eigenvalue weighted by molar-refractivity contribution is 5.75. The minimum Gasteiger partial charge on any atom is -0.497 e. The average Bonchev–Trinajstić information content (AvgIpc) is 3.15. The fourth-order valence-corrected chi connectivity index (χ4v) is 3.40. The molecule has 1 aliphatic heterocycles. The number of piperidine rings is 1. The van der Waals surface area contributed by atoms with Crippen LogP contribution >= 0.6 is 0 Å². The maximum absolute atomic E-state index is 12.1. The highest BCUT2D eigenvalue weighted by Crippen LogP contribution is 2.23. The first kappa shape index (κ1) is 18.5. The van der Waals surface area contributed by atoms with Crippen LogP contribution in [-0.4, -0.2) is 42.7 Å².